The van der Waals surface area contributed by atoms with Crippen LogP contribution in [0.1, 0.15) is 51.0 Å². The Morgan fingerprint density at radius 1 is 1.26 bits per heavy atom. The molecular weight excluding hydrogens is 577 g/mol. The van der Waals surface area contributed by atoms with Crippen LogP contribution in [0.2, 0.25) is 9.49 Å². The number of carbonyl (C=O) groups excluding carboxylic acids is 1. The fourth-order valence-electron chi connectivity index (χ4n) is 4.78. The topological polar surface area (TPSA) is 164 Å². The fraction of sp³-hybridized carbons (Fsp3) is 0.391. The molecule has 2 aliphatic rings. The number of carbonyl (C=O) groups is 1. The quantitative estimate of drug-likeness (QED) is 0.172. The van der Waals surface area contributed by atoms with Crippen molar-refractivity contribution in [2.24, 2.45) is 5.92 Å². The number of fused-ring (bicyclic) bond motifs is 1. The molecule has 4 atom stereocenters. The average molecular weight is 601 g/mol. The summed E-state index contributed by atoms with van der Waals surface area (Å²) in [5.74, 6) is -0.483. The lowest BCUT2D eigenvalue weighted by Crippen LogP contribution is -2.32. The number of aliphatic hydroxyl groups is 1. The zero-order valence-corrected chi connectivity index (χ0v) is 22.8. The molecular formula is C23H23Cl2N5O6S2. The van der Waals surface area contributed by atoms with Crippen molar-refractivity contribution >= 4 is 56.4 Å². The van der Waals surface area contributed by atoms with Crippen LogP contribution in [0.3, 0.4) is 0 Å². The minimum absolute atomic E-state index is 0.114. The predicted molar refractivity (Wildman–Crippen MR) is 141 cm³/mol. The number of rotatable bonds is 8. The zero-order chi connectivity index (χ0) is 27.0. The molecule has 202 valence electrons. The highest BCUT2D eigenvalue weighted by Crippen LogP contribution is 2.41. The summed E-state index contributed by atoms with van der Waals surface area (Å²) in [6.07, 6.45) is 2.74. The van der Waals surface area contributed by atoms with Gasteiger partial charge in [0, 0.05) is 30.3 Å². The van der Waals surface area contributed by atoms with E-state index in [-0.39, 0.29) is 29.8 Å². The first-order valence-electron chi connectivity index (χ1n) is 11.7. The number of aliphatic hydroxyl groups excluding tert-OH is 1. The highest BCUT2D eigenvalue weighted by Gasteiger charge is 2.35. The van der Waals surface area contributed by atoms with Gasteiger partial charge in [0.1, 0.15) is 23.4 Å². The van der Waals surface area contributed by atoms with Crippen molar-refractivity contribution < 1.29 is 27.6 Å². The molecule has 0 unspecified atom stereocenters. The van der Waals surface area contributed by atoms with Gasteiger partial charge in [0.25, 0.3) is 0 Å². The summed E-state index contributed by atoms with van der Waals surface area (Å²) in [4.78, 5) is 26.6. The monoisotopic (exact) mass is 599 g/mol. The van der Waals surface area contributed by atoms with Gasteiger partial charge in [-0.3, -0.25) is 9.35 Å². The maximum Gasteiger partial charge on any atom is 0.333 e. The molecule has 0 radical (unpaired) electrons. The SMILES string of the molecule is O=C(c1cc([C@H]2OCCc3ccc(Cl)nc32)c(Cl)s1)c1cncnc1N[C@@H]1C[C@H](CNS(=O)(=O)O)[C@@H](O)C1. The van der Waals surface area contributed by atoms with Crippen molar-refractivity contribution in [1.82, 2.24) is 19.7 Å². The molecule has 1 saturated carbocycles. The molecule has 1 aliphatic carbocycles. The maximum atomic E-state index is 13.5. The lowest BCUT2D eigenvalue weighted by Gasteiger charge is -2.25. The average Bonchev–Trinajstić information content (AvgIpc) is 3.43. The number of nitrogens with one attached hydrogen (secondary N) is 2. The number of aromatic nitrogens is 3. The largest absolute Gasteiger partial charge is 0.393 e. The summed E-state index contributed by atoms with van der Waals surface area (Å²) < 4.78 is 39.3. The first-order valence-corrected chi connectivity index (χ1v) is 14.7. The summed E-state index contributed by atoms with van der Waals surface area (Å²) in [5.41, 5.74) is 2.52. The second kappa shape index (κ2) is 11.1. The van der Waals surface area contributed by atoms with Gasteiger partial charge in [0.05, 0.1) is 33.2 Å². The minimum atomic E-state index is -4.36. The third-order valence-corrected chi connectivity index (χ3v) is 8.71. The van der Waals surface area contributed by atoms with E-state index < -0.39 is 28.4 Å². The Hall–Kier alpha value is -2.23. The highest BCUT2D eigenvalue weighted by atomic mass is 35.5. The van der Waals surface area contributed by atoms with Crippen LogP contribution in [-0.2, 0) is 21.5 Å². The van der Waals surface area contributed by atoms with Gasteiger partial charge in [-0.1, -0.05) is 29.3 Å². The van der Waals surface area contributed by atoms with Gasteiger partial charge < -0.3 is 15.2 Å². The molecule has 4 N–H and O–H groups in total. The Balaban J connectivity index is 1.35. The van der Waals surface area contributed by atoms with Crippen LogP contribution in [-0.4, -0.2) is 64.1 Å². The lowest BCUT2D eigenvalue weighted by atomic mass is 9.99. The van der Waals surface area contributed by atoms with E-state index in [1.807, 2.05) is 10.8 Å². The van der Waals surface area contributed by atoms with E-state index in [1.54, 1.807) is 12.1 Å². The molecule has 3 aromatic heterocycles. The Bertz CT molecular complexity index is 1470. The van der Waals surface area contributed by atoms with Gasteiger partial charge in [0.2, 0.25) is 5.78 Å². The Kier molecular flexibility index (Phi) is 7.99. The van der Waals surface area contributed by atoms with Crippen LogP contribution in [0.5, 0.6) is 0 Å². The van der Waals surface area contributed by atoms with Gasteiger partial charge in [-0.15, -0.1) is 11.3 Å². The van der Waals surface area contributed by atoms with Crippen LogP contribution in [0.15, 0.2) is 30.7 Å². The van der Waals surface area contributed by atoms with Crippen LogP contribution in [0, 0.1) is 5.92 Å². The first kappa shape index (κ1) is 27.3. The molecule has 4 heterocycles. The predicted octanol–water partition coefficient (Wildman–Crippen LogP) is 3.08. The van der Waals surface area contributed by atoms with E-state index in [0.29, 0.717) is 51.5 Å². The molecule has 0 aromatic carbocycles. The minimum Gasteiger partial charge on any atom is -0.393 e. The number of thiophene rings is 1. The number of anilines is 1. The fourth-order valence-corrected chi connectivity index (χ4v) is 6.63. The highest BCUT2D eigenvalue weighted by molar-refractivity contribution is 7.83. The van der Waals surface area contributed by atoms with Crippen molar-refractivity contribution in [3.05, 3.63) is 67.5 Å². The van der Waals surface area contributed by atoms with Gasteiger partial charge in [-0.05, 0) is 37.0 Å². The Morgan fingerprint density at radius 2 is 2.08 bits per heavy atom. The van der Waals surface area contributed by atoms with Crippen molar-refractivity contribution in [2.45, 2.75) is 37.5 Å². The van der Waals surface area contributed by atoms with Crippen LogP contribution < -0.4 is 10.0 Å². The van der Waals surface area contributed by atoms with E-state index in [2.05, 4.69) is 20.3 Å². The number of hydrogen-bond acceptors (Lipinski definition) is 10. The molecule has 11 nitrogen and oxygen atoms in total. The molecule has 3 aromatic rings. The van der Waals surface area contributed by atoms with Crippen molar-refractivity contribution in [1.29, 1.82) is 0 Å². The lowest BCUT2D eigenvalue weighted by molar-refractivity contribution is 0.0667. The second-order valence-electron chi connectivity index (χ2n) is 9.10. The number of nitrogens with zero attached hydrogens (tertiary/aromatic N) is 3. The summed E-state index contributed by atoms with van der Waals surface area (Å²) >= 11 is 13.8. The molecule has 0 saturated heterocycles. The standard InChI is InChI=1S/C23H23Cl2N5O6S2/c24-18-2-1-11-3-4-36-21(19(11)30-18)14-7-17(37-22(14)25)20(32)15-9-26-10-27-23(15)29-13-5-12(16(31)6-13)8-28-38(33,34)35/h1-2,7,9-10,12-13,16,21,28,31H,3-6,8H2,(H,26,27,29)(H,33,34,35)/t12-,13-,16+,21-/m1/s1. The van der Waals surface area contributed by atoms with Gasteiger partial charge in [-0.2, -0.15) is 13.1 Å². The number of halogens is 2. The van der Waals surface area contributed by atoms with Crippen LogP contribution in [0.4, 0.5) is 5.82 Å². The molecule has 0 spiro atoms. The third kappa shape index (κ3) is 6.00. The van der Waals surface area contributed by atoms with Crippen LogP contribution >= 0.6 is 34.5 Å². The smallest absolute Gasteiger partial charge is 0.333 e. The van der Waals surface area contributed by atoms with E-state index in [0.717, 1.165) is 16.9 Å². The zero-order valence-electron chi connectivity index (χ0n) is 19.7. The molecule has 1 fully saturated rings. The molecule has 1 aliphatic heterocycles. The number of ether oxygens (including phenoxy) is 1. The molecule has 38 heavy (non-hydrogen) atoms. The summed E-state index contributed by atoms with van der Waals surface area (Å²) in [7, 11) is -4.36. The summed E-state index contributed by atoms with van der Waals surface area (Å²) in [5, 5.41) is 13.9. The number of pyridine rings is 1. The molecule has 0 amide bonds. The van der Waals surface area contributed by atoms with Crippen molar-refractivity contribution in [3.8, 4) is 0 Å². The van der Waals surface area contributed by atoms with Crippen molar-refractivity contribution in [2.75, 3.05) is 18.5 Å². The van der Waals surface area contributed by atoms with Crippen molar-refractivity contribution in [3.63, 3.8) is 0 Å². The summed E-state index contributed by atoms with van der Waals surface area (Å²) in [6.45, 7) is 0.363. The Morgan fingerprint density at radius 3 is 2.87 bits per heavy atom. The molecule has 15 heteroatoms. The normalized spacial score (nSPS) is 23.3. The second-order valence-corrected chi connectivity index (χ2v) is 12.4. The molecule has 5 rings (SSSR count). The van der Waals surface area contributed by atoms with E-state index >= 15 is 0 Å². The van der Waals surface area contributed by atoms with E-state index in [1.165, 1.54) is 12.5 Å². The van der Waals surface area contributed by atoms with E-state index in [9.17, 15) is 18.3 Å². The number of ketones is 1. The van der Waals surface area contributed by atoms with Crippen LogP contribution in [0.25, 0.3) is 0 Å². The molecule has 0 bridgehead atoms. The number of hydrogen-bond donors (Lipinski definition) is 4. The van der Waals surface area contributed by atoms with E-state index in [4.69, 9.17) is 32.5 Å². The van der Waals surface area contributed by atoms with Gasteiger partial charge in [0.15, 0.2) is 0 Å². The Labute approximate surface area is 232 Å². The maximum absolute atomic E-state index is 13.5. The van der Waals surface area contributed by atoms with Gasteiger partial charge in [-0.25, -0.2) is 15.0 Å². The summed E-state index contributed by atoms with van der Waals surface area (Å²) in [6, 6.07) is 5.04. The van der Waals surface area contributed by atoms with Gasteiger partial charge >= 0.3 is 10.3 Å². The third-order valence-electron chi connectivity index (χ3n) is 6.59. The first-order chi connectivity index (χ1) is 18.1.